The summed E-state index contributed by atoms with van der Waals surface area (Å²) in [5.74, 6) is 0.0620. The molecule has 5 rings (SSSR count). The number of carbonyl (C=O) groups is 2. The van der Waals surface area contributed by atoms with Crippen molar-refractivity contribution in [2.24, 2.45) is 0 Å². The highest BCUT2D eigenvalue weighted by Gasteiger charge is 2.44. The third-order valence-electron chi connectivity index (χ3n) is 7.55. The number of H-pyrrole nitrogens is 1. The van der Waals surface area contributed by atoms with Gasteiger partial charge >= 0.3 is 0 Å². The monoisotopic (exact) mass is 580 g/mol. The molecule has 8 N–H and O–H groups in total. The number of benzene rings is 1. The fourth-order valence-electron chi connectivity index (χ4n) is 5.23. The van der Waals surface area contributed by atoms with Gasteiger partial charge in [-0.3, -0.25) is 14.2 Å². The van der Waals surface area contributed by atoms with Crippen molar-refractivity contribution in [1.29, 1.82) is 0 Å². The normalized spacial score (nSPS) is 20.3. The number of nitrogens with two attached hydrogens (primary N) is 1. The van der Waals surface area contributed by atoms with Crippen molar-refractivity contribution >= 4 is 45.3 Å². The predicted molar refractivity (Wildman–Crippen MR) is 154 cm³/mol. The Morgan fingerprint density at radius 3 is 2.50 bits per heavy atom. The van der Waals surface area contributed by atoms with Crippen molar-refractivity contribution in [3.8, 4) is 5.88 Å². The van der Waals surface area contributed by atoms with Crippen molar-refractivity contribution < 1.29 is 29.6 Å². The van der Waals surface area contributed by atoms with Gasteiger partial charge in [0.2, 0.25) is 11.8 Å². The van der Waals surface area contributed by atoms with Crippen molar-refractivity contribution in [1.82, 2.24) is 29.8 Å². The van der Waals surface area contributed by atoms with Crippen LogP contribution in [0.5, 0.6) is 5.88 Å². The molecule has 14 heteroatoms. The summed E-state index contributed by atoms with van der Waals surface area (Å²) in [6.45, 7) is 0.0547. The van der Waals surface area contributed by atoms with Crippen LogP contribution in [0.1, 0.15) is 57.6 Å². The molecule has 4 heterocycles. The van der Waals surface area contributed by atoms with Gasteiger partial charge in [-0.05, 0) is 25.0 Å². The number of nitrogens with one attached hydrogen (secondary N) is 3. The lowest BCUT2D eigenvalue weighted by atomic mass is 10.1. The molecule has 0 spiro atoms. The van der Waals surface area contributed by atoms with Crippen LogP contribution in [0.25, 0.3) is 21.9 Å². The molecule has 224 valence electrons. The molecule has 1 saturated heterocycles. The number of carbonyl (C=O) groups excluding carboxylic acids is 2. The second-order valence-corrected chi connectivity index (χ2v) is 10.5. The molecule has 4 unspecified atom stereocenters. The van der Waals surface area contributed by atoms with E-state index in [2.05, 4.69) is 30.6 Å². The maximum Gasteiger partial charge on any atom is 0.224 e. The van der Waals surface area contributed by atoms with Crippen LogP contribution < -0.4 is 16.4 Å². The van der Waals surface area contributed by atoms with Crippen LogP contribution in [0, 0.1) is 0 Å². The minimum absolute atomic E-state index is 0.0547. The molecule has 1 aromatic carbocycles. The largest absolute Gasteiger partial charge is 0.494 e. The minimum Gasteiger partial charge on any atom is -0.494 e. The molecule has 14 nitrogen and oxygen atoms in total. The fraction of sp³-hybridized carbons (Fsp3) is 0.464. The standard InChI is InChI=1S/C28H36N8O6/c29-25-22-26(33-14-32-25)36(15-34-22)28-24(40)23(39)19(42-28)13-30-20(37)10-5-3-1-2-4-6-11-21(38)35-18-9-7-8-16-17(18)12-31-27(16)41/h7-9,12,14-15,19,23-24,28,31,39-41H,1-6,10-11,13H2,(H,30,37)(H,35,38)(H2,29,32,33). The zero-order valence-electron chi connectivity index (χ0n) is 23.1. The Kier molecular flexibility index (Phi) is 9.15. The van der Waals surface area contributed by atoms with Crippen LogP contribution in [0.15, 0.2) is 37.1 Å². The summed E-state index contributed by atoms with van der Waals surface area (Å²) in [4.78, 5) is 39.6. The van der Waals surface area contributed by atoms with Gasteiger partial charge < -0.3 is 41.4 Å². The Morgan fingerprint density at radius 2 is 1.71 bits per heavy atom. The number of hydrogen-bond acceptors (Lipinski definition) is 10. The number of aromatic nitrogens is 5. The lowest BCUT2D eigenvalue weighted by Crippen LogP contribution is -2.39. The number of nitrogen functional groups attached to an aromatic ring is 1. The van der Waals surface area contributed by atoms with Gasteiger partial charge in [0.1, 0.15) is 30.2 Å². The maximum atomic E-state index is 12.3. The van der Waals surface area contributed by atoms with E-state index in [0.717, 1.165) is 43.9 Å². The highest BCUT2D eigenvalue weighted by molar-refractivity contribution is 6.03. The van der Waals surface area contributed by atoms with Gasteiger partial charge in [-0.1, -0.05) is 31.7 Å². The van der Waals surface area contributed by atoms with E-state index in [0.29, 0.717) is 35.1 Å². The maximum absolute atomic E-state index is 12.3. The fourth-order valence-corrected chi connectivity index (χ4v) is 5.23. The van der Waals surface area contributed by atoms with E-state index in [1.54, 1.807) is 18.3 Å². The number of fused-ring (bicyclic) bond motifs is 2. The molecule has 3 aromatic heterocycles. The number of aliphatic hydroxyl groups excluding tert-OH is 2. The average molecular weight is 581 g/mol. The molecular weight excluding hydrogens is 544 g/mol. The van der Waals surface area contributed by atoms with Crippen LogP contribution in [-0.2, 0) is 14.3 Å². The topological polar surface area (TPSA) is 214 Å². The van der Waals surface area contributed by atoms with Crippen LogP contribution >= 0.6 is 0 Å². The molecule has 42 heavy (non-hydrogen) atoms. The lowest BCUT2D eigenvalue weighted by Gasteiger charge is -2.16. The van der Waals surface area contributed by atoms with E-state index in [4.69, 9.17) is 10.5 Å². The molecule has 0 radical (unpaired) electrons. The van der Waals surface area contributed by atoms with Crippen molar-refractivity contribution in [3.63, 3.8) is 0 Å². The van der Waals surface area contributed by atoms with Gasteiger partial charge in [0, 0.05) is 36.4 Å². The molecule has 2 amide bonds. The van der Waals surface area contributed by atoms with Gasteiger partial charge in [0.05, 0.1) is 12.0 Å². The van der Waals surface area contributed by atoms with Gasteiger partial charge in [0.25, 0.3) is 0 Å². The van der Waals surface area contributed by atoms with Gasteiger partial charge in [-0.2, -0.15) is 0 Å². The zero-order valence-corrected chi connectivity index (χ0v) is 23.1. The first-order valence-corrected chi connectivity index (χ1v) is 14.1. The highest BCUT2D eigenvalue weighted by atomic mass is 16.6. The number of aliphatic hydroxyl groups is 2. The van der Waals surface area contributed by atoms with Crippen LogP contribution in [0.2, 0.25) is 0 Å². The third-order valence-corrected chi connectivity index (χ3v) is 7.55. The number of aromatic hydroxyl groups is 1. The minimum atomic E-state index is -1.24. The number of imidazole rings is 1. The Bertz CT molecular complexity index is 1540. The summed E-state index contributed by atoms with van der Waals surface area (Å²) in [6.07, 6.45) is 6.19. The Labute approximate surface area is 241 Å². The number of rotatable bonds is 13. The molecule has 0 aliphatic carbocycles. The number of ether oxygens (including phenoxy) is 1. The molecule has 0 bridgehead atoms. The Morgan fingerprint density at radius 1 is 0.976 bits per heavy atom. The van der Waals surface area contributed by atoms with E-state index >= 15 is 0 Å². The Balaban J connectivity index is 0.941. The second-order valence-electron chi connectivity index (χ2n) is 10.5. The molecule has 1 aliphatic heterocycles. The van der Waals surface area contributed by atoms with Crippen molar-refractivity contribution in [2.45, 2.75) is 75.9 Å². The first-order chi connectivity index (χ1) is 20.3. The van der Waals surface area contributed by atoms with Crippen LogP contribution in [0.3, 0.4) is 0 Å². The smallest absolute Gasteiger partial charge is 0.224 e. The first kappa shape index (κ1) is 29.2. The number of aromatic amines is 1. The zero-order chi connectivity index (χ0) is 29.6. The number of nitrogens with zero attached hydrogens (tertiary/aromatic N) is 4. The number of amides is 2. The lowest BCUT2D eigenvalue weighted by molar-refractivity contribution is -0.122. The van der Waals surface area contributed by atoms with E-state index < -0.39 is 24.5 Å². The summed E-state index contributed by atoms with van der Waals surface area (Å²) in [6, 6.07) is 5.38. The number of unbranched alkanes of at least 4 members (excludes halogenated alkanes) is 5. The molecule has 4 aromatic rings. The molecular formula is C28H36N8O6. The summed E-state index contributed by atoms with van der Waals surface area (Å²) >= 11 is 0. The molecule has 1 fully saturated rings. The Hall–Kier alpha value is -4.27. The molecule has 4 atom stereocenters. The van der Waals surface area contributed by atoms with E-state index in [1.807, 2.05) is 6.07 Å². The van der Waals surface area contributed by atoms with Gasteiger partial charge in [0.15, 0.2) is 23.6 Å². The van der Waals surface area contributed by atoms with Crippen molar-refractivity contribution in [2.75, 3.05) is 17.6 Å². The SMILES string of the molecule is Nc1ncnc2c1ncn2C1OC(CNC(=O)CCCCCCCCC(=O)Nc2cccc3c(O)[nH]cc23)C(O)C1O. The second kappa shape index (κ2) is 13.1. The van der Waals surface area contributed by atoms with Crippen LogP contribution in [0.4, 0.5) is 11.5 Å². The molecule has 0 saturated carbocycles. The number of hydrogen-bond donors (Lipinski definition) is 7. The summed E-state index contributed by atoms with van der Waals surface area (Å²) < 4.78 is 7.34. The van der Waals surface area contributed by atoms with Gasteiger partial charge in [-0.25, -0.2) is 15.0 Å². The van der Waals surface area contributed by atoms with Gasteiger partial charge in [-0.15, -0.1) is 0 Å². The van der Waals surface area contributed by atoms with E-state index in [9.17, 15) is 24.9 Å². The molecule has 1 aliphatic rings. The summed E-state index contributed by atoms with van der Waals surface area (Å²) in [5, 5.41) is 38.0. The summed E-state index contributed by atoms with van der Waals surface area (Å²) in [5.41, 5.74) is 7.23. The van der Waals surface area contributed by atoms with Crippen LogP contribution in [-0.4, -0.2) is 76.5 Å². The van der Waals surface area contributed by atoms with E-state index in [-0.39, 0.29) is 30.1 Å². The van der Waals surface area contributed by atoms with E-state index in [1.165, 1.54) is 17.2 Å². The summed E-state index contributed by atoms with van der Waals surface area (Å²) in [7, 11) is 0. The first-order valence-electron chi connectivity index (χ1n) is 14.1. The third kappa shape index (κ3) is 6.45. The highest BCUT2D eigenvalue weighted by Crippen LogP contribution is 2.32. The van der Waals surface area contributed by atoms with Crippen molar-refractivity contribution in [3.05, 3.63) is 37.1 Å². The quantitative estimate of drug-likeness (QED) is 0.114. The predicted octanol–water partition coefficient (Wildman–Crippen LogP) is 2.09. The number of anilines is 2. The average Bonchev–Trinajstić information content (AvgIpc) is 3.66.